The van der Waals surface area contributed by atoms with Gasteiger partial charge in [0.05, 0.1) is 0 Å². The van der Waals surface area contributed by atoms with Gasteiger partial charge in [-0.1, -0.05) is 24.3 Å². The number of thiazole rings is 2. The first kappa shape index (κ1) is 16.9. The third-order valence-corrected chi connectivity index (χ3v) is 5.58. The summed E-state index contributed by atoms with van der Waals surface area (Å²) in [6, 6.07) is 7.53. The number of carbonyl (C=O) groups is 1. The molecule has 0 bridgehead atoms. The maximum atomic E-state index is 11.4. The predicted molar refractivity (Wildman–Crippen MR) is 107 cm³/mol. The van der Waals surface area contributed by atoms with Crippen molar-refractivity contribution in [1.82, 2.24) is 15.3 Å². The molecule has 0 saturated carbocycles. The number of aromatic nitrogens is 2. The molecule has 3 aromatic rings. The summed E-state index contributed by atoms with van der Waals surface area (Å²) in [5, 5.41) is 12.1. The predicted octanol–water partition coefficient (Wildman–Crippen LogP) is 3.90. The Bertz CT molecular complexity index is 958. The maximum Gasteiger partial charge on any atom is 0.197 e. The average Bonchev–Trinajstić information content (AvgIpc) is 3.32. The van der Waals surface area contributed by atoms with Crippen LogP contribution in [-0.2, 0) is 0 Å². The molecule has 0 amide bonds. The molecule has 4 rings (SSSR count). The lowest BCUT2D eigenvalue weighted by Crippen LogP contribution is -2.35. The van der Waals surface area contributed by atoms with E-state index in [1.807, 2.05) is 35.0 Å². The first-order valence-electron chi connectivity index (χ1n) is 8.27. The molecule has 132 valence electrons. The van der Waals surface area contributed by atoms with Gasteiger partial charge in [-0.25, -0.2) is 9.97 Å². The summed E-state index contributed by atoms with van der Waals surface area (Å²) in [6.45, 7) is 3.34. The van der Waals surface area contributed by atoms with Crippen LogP contribution in [0.25, 0.3) is 22.0 Å². The van der Waals surface area contributed by atoms with Gasteiger partial charge in [0.1, 0.15) is 16.4 Å². The highest BCUT2D eigenvalue weighted by Gasteiger charge is 2.12. The fourth-order valence-electron chi connectivity index (χ4n) is 2.54. The highest BCUT2D eigenvalue weighted by Crippen LogP contribution is 2.30. The molecular formula is C18H17N5OS2. The van der Waals surface area contributed by atoms with Crippen LogP contribution in [0.2, 0.25) is 0 Å². The Morgan fingerprint density at radius 1 is 1.12 bits per heavy atom. The lowest BCUT2D eigenvalue weighted by atomic mass is 10.1. The minimum absolute atomic E-state index is 0.0657. The van der Waals surface area contributed by atoms with Crippen molar-refractivity contribution in [3.05, 3.63) is 40.6 Å². The van der Waals surface area contributed by atoms with Gasteiger partial charge in [0.15, 0.2) is 16.9 Å². The van der Waals surface area contributed by atoms with E-state index in [2.05, 4.69) is 25.6 Å². The van der Waals surface area contributed by atoms with Crippen molar-refractivity contribution in [2.24, 2.45) is 4.99 Å². The van der Waals surface area contributed by atoms with Crippen LogP contribution >= 0.6 is 22.7 Å². The standard InChI is InChI=1S/C18H17N5OS2/c1-11(24)12-3-5-13(6-4-12)16-21-14(9-25-16)15-10-26-18(22-15)23-17-19-7-2-8-20-17/h3-6,9-10H,2,7-8H2,1H3,(H2,19,20,22,23). The summed E-state index contributed by atoms with van der Waals surface area (Å²) in [5.41, 5.74) is 3.40. The van der Waals surface area contributed by atoms with Crippen molar-refractivity contribution < 1.29 is 4.79 Å². The van der Waals surface area contributed by atoms with Crippen LogP contribution in [0.15, 0.2) is 40.0 Å². The van der Waals surface area contributed by atoms with Gasteiger partial charge in [-0.05, 0) is 13.3 Å². The summed E-state index contributed by atoms with van der Waals surface area (Å²) in [4.78, 5) is 25.1. The minimum atomic E-state index is 0.0657. The molecule has 0 saturated heterocycles. The fourth-order valence-corrected chi connectivity index (χ4v) is 4.06. The topological polar surface area (TPSA) is 79.3 Å². The number of carbonyl (C=O) groups excluding carboxylic acids is 1. The molecule has 0 aliphatic carbocycles. The van der Waals surface area contributed by atoms with E-state index in [1.54, 1.807) is 18.3 Å². The van der Waals surface area contributed by atoms with Crippen LogP contribution in [0, 0.1) is 0 Å². The maximum absolute atomic E-state index is 11.4. The lowest BCUT2D eigenvalue weighted by Gasteiger charge is -2.13. The van der Waals surface area contributed by atoms with Gasteiger partial charge in [0, 0.05) is 35.0 Å². The van der Waals surface area contributed by atoms with Crippen LogP contribution in [0.1, 0.15) is 23.7 Å². The molecule has 0 spiro atoms. The molecule has 0 fully saturated rings. The van der Waals surface area contributed by atoms with E-state index in [0.717, 1.165) is 52.6 Å². The number of anilines is 1. The van der Waals surface area contributed by atoms with Crippen LogP contribution < -0.4 is 10.6 Å². The quantitative estimate of drug-likeness (QED) is 0.668. The van der Waals surface area contributed by atoms with Crippen LogP contribution in [0.4, 0.5) is 5.13 Å². The zero-order valence-electron chi connectivity index (χ0n) is 14.2. The molecule has 3 heterocycles. The lowest BCUT2D eigenvalue weighted by molar-refractivity contribution is 0.101. The highest BCUT2D eigenvalue weighted by molar-refractivity contribution is 7.14. The summed E-state index contributed by atoms with van der Waals surface area (Å²) >= 11 is 3.10. The first-order chi connectivity index (χ1) is 12.7. The van der Waals surface area contributed by atoms with Gasteiger partial charge in [-0.2, -0.15) is 0 Å². The molecule has 1 aliphatic rings. The van der Waals surface area contributed by atoms with Gasteiger partial charge in [-0.3, -0.25) is 9.79 Å². The molecule has 2 N–H and O–H groups in total. The van der Waals surface area contributed by atoms with Crippen LogP contribution in [-0.4, -0.2) is 34.8 Å². The molecule has 8 heteroatoms. The van der Waals surface area contributed by atoms with Crippen LogP contribution in [0.3, 0.4) is 0 Å². The van der Waals surface area contributed by atoms with E-state index in [1.165, 1.54) is 11.3 Å². The molecule has 2 aromatic heterocycles. The molecule has 26 heavy (non-hydrogen) atoms. The third kappa shape index (κ3) is 3.66. The number of hydrogen-bond acceptors (Lipinski definition) is 8. The Labute approximate surface area is 159 Å². The Hall–Kier alpha value is -2.58. The second-order valence-corrected chi connectivity index (χ2v) is 7.56. The number of nitrogens with zero attached hydrogens (tertiary/aromatic N) is 3. The van der Waals surface area contributed by atoms with Gasteiger partial charge in [0.25, 0.3) is 0 Å². The van der Waals surface area contributed by atoms with Gasteiger partial charge in [0.2, 0.25) is 0 Å². The van der Waals surface area contributed by atoms with Crippen molar-refractivity contribution in [3.63, 3.8) is 0 Å². The van der Waals surface area contributed by atoms with E-state index < -0.39 is 0 Å². The first-order valence-corrected chi connectivity index (χ1v) is 10.0. The third-order valence-electron chi connectivity index (χ3n) is 3.93. The number of ketones is 1. The number of Topliss-reactive ketones (excluding diaryl/α,β-unsaturated/α-hetero) is 1. The van der Waals surface area contributed by atoms with Crippen molar-refractivity contribution in [2.45, 2.75) is 13.3 Å². The van der Waals surface area contributed by atoms with E-state index in [-0.39, 0.29) is 5.78 Å². The number of rotatable bonds is 4. The second-order valence-electron chi connectivity index (χ2n) is 5.84. The largest absolute Gasteiger partial charge is 0.356 e. The zero-order valence-corrected chi connectivity index (χ0v) is 15.8. The van der Waals surface area contributed by atoms with Gasteiger partial charge >= 0.3 is 0 Å². The van der Waals surface area contributed by atoms with Crippen LogP contribution in [0.5, 0.6) is 0 Å². The summed E-state index contributed by atoms with van der Waals surface area (Å²) in [6.07, 6.45) is 1.06. The van der Waals surface area contributed by atoms with Gasteiger partial charge in [-0.15, -0.1) is 22.7 Å². The Morgan fingerprint density at radius 3 is 2.62 bits per heavy atom. The van der Waals surface area contributed by atoms with E-state index in [4.69, 9.17) is 0 Å². The highest BCUT2D eigenvalue weighted by atomic mass is 32.1. The molecule has 0 atom stereocenters. The SMILES string of the molecule is CC(=O)c1ccc(-c2nc(-c3csc(NC4=NCCCN4)n3)cs2)cc1. The monoisotopic (exact) mass is 383 g/mol. The Balaban J connectivity index is 1.51. The van der Waals surface area contributed by atoms with Crippen molar-refractivity contribution in [1.29, 1.82) is 0 Å². The summed E-state index contributed by atoms with van der Waals surface area (Å²) in [7, 11) is 0. The zero-order chi connectivity index (χ0) is 17.9. The number of aliphatic imine (C=N–C) groups is 1. The average molecular weight is 384 g/mol. The summed E-state index contributed by atoms with van der Waals surface area (Å²) in [5.74, 6) is 0.845. The Kier molecular flexibility index (Phi) is 4.77. The fraction of sp³-hybridized carbons (Fsp3) is 0.222. The molecule has 1 aliphatic heterocycles. The molecule has 0 unspecified atom stereocenters. The normalized spacial score (nSPS) is 13.8. The van der Waals surface area contributed by atoms with E-state index in [0.29, 0.717) is 5.56 Å². The summed E-state index contributed by atoms with van der Waals surface area (Å²) < 4.78 is 0. The van der Waals surface area contributed by atoms with E-state index in [9.17, 15) is 4.79 Å². The second kappa shape index (κ2) is 7.35. The Morgan fingerprint density at radius 2 is 1.88 bits per heavy atom. The molecule has 1 aromatic carbocycles. The van der Waals surface area contributed by atoms with Crippen molar-refractivity contribution in [3.8, 4) is 22.0 Å². The number of guanidine groups is 1. The molecule has 6 nitrogen and oxygen atoms in total. The molecule has 0 radical (unpaired) electrons. The smallest absolute Gasteiger partial charge is 0.197 e. The minimum Gasteiger partial charge on any atom is -0.356 e. The van der Waals surface area contributed by atoms with Crippen molar-refractivity contribution >= 4 is 39.5 Å². The number of benzene rings is 1. The number of nitrogens with one attached hydrogen (secondary N) is 2. The van der Waals surface area contributed by atoms with E-state index >= 15 is 0 Å². The molecular weight excluding hydrogens is 366 g/mol. The number of hydrogen-bond donors (Lipinski definition) is 2. The van der Waals surface area contributed by atoms with Crippen molar-refractivity contribution in [2.75, 3.05) is 18.4 Å². The van der Waals surface area contributed by atoms with Gasteiger partial charge < -0.3 is 10.6 Å².